The molecule has 0 radical (unpaired) electrons. The van der Waals surface area contributed by atoms with Gasteiger partial charge in [-0.25, -0.2) is 0 Å². The molecule has 4 heteroatoms. The van der Waals surface area contributed by atoms with Gasteiger partial charge in [-0.1, -0.05) is 30.3 Å². The summed E-state index contributed by atoms with van der Waals surface area (Å²) < 4.78 is 2.11. The van der Waals surface area contributed by atoms with E-state index in [4.69, 9.17) is 5.73 Å². The highest BCUT2D eigenvalue weighted by atomic mass is 16.3. The summed E-state index contributed by atoms with van der Waals surface area (Å²) in [5.41, 5.74) is 7.61. The summed E-state index contributed by atoms with van der Waals surface area (Å²) in [5.74, 6) is -0.714. The van der Waals surface area contributed by atoms with E-state index in [0.717, 1.165) is 27.2 Å². The molecule has 108 valence electrons. The van der Waals surface area contributed by atoms with Gasteiger partial charge in [0.2, 0.25) is 0 Å². The highest BCUT2D eigenvalue weighted by Gasteiger charge is 2.14. The van der Waals surface area contributed by atoms with Gasteiger partial charge in [-0.15, -0.1) is 0 Å². The minimum Gasteiger partial charge on any atom is -0.507 e. The lowest BCUT2D eigenvalue weighted by Gasteiger charge is -2.07. The number of phenols is 1. The molecule has 3 N–H and O–H groups in total. The molecular formula is C18H14N2O2. The van der Waals surface area contributed by atoms with E-state index in [1.165, 1.54) is 5.39 Å². The number of rotatable bonds is 1. The average molecular weight is 290 g/mol. The summed E-state index contributed by atoms with van der Waals surface area (Å²) >= 11 is 0. The number of hydrogen-bond donors (Lipinski definition) is 2. The molecule has 1 amide bonds. The molecule has 0 aliphatic rings. The number of aromatic hydroxyl groups is 1. The predicted octanol–water partition coefficient (Wildman–Crippen LogP) is 3.29. The third kappa shape index (κ3) is 1.55. The number of benzene rings is 3. The number of fused-ring (bicyclic) bond motifs is 5. The fourth-order valence-corrected chi connectivity index (χ4v) is 3.24. The van der Waals surface area contributed by atoms with Crippen molar-refractivity contribution < 1.29 is 9.90 Å². The summed E-state index contributed by atoms with van der Waals surface area (Å²) in [4.78, 5) is 11.4. The van der Waals surface area contributed by atoms with Gasteiger partial charge in [-0.2, -0.15) is 0 Å². The molecule has 0 saturated heterocycles. The maximum Gasteiger partial charge on any atom is 0.252 e. The number of carbonyl (C=O) groups is 1. The molecule has 0 unspecified atom stereocenters. The van der Waals surface area contributed by atoms with Gasteiger partial charge in [0, 0.05) is 28.7 Å². The van der Waals surface area contributed by atoms with E-state index in [9.17, 15) is 9.90 Å². The number of nitrogens with zero attached hydrogens (tertiary/aromatic N) is 1. The molecule has 3 aromatic carbocycles. The second kappa shape index (κ2) is 4.24. The molecule has 0 bridgehead atoms. The van der Waals surface area contributed by atoms with Crippen LogP contribution in [0.1, 0.15) is 10.4 Å². The Balaban J connectivity index is 2.24. The summed E-state index contributed by atoms with van der Waals surface area (Å²) in [6.45, 7) is 0. The second-order valence-corrected chi connectivity index (χ2v) is 5.49. The number of primary amides is 1. The second-order valence-electron chi connectivity index (χ2n) is 5.49. The number of amides is 1. The largest absolute Gasteiger partial charge is 0.507 e. The molecule has 1 aromatic heterocycles. The van der Waals surface area contributed by atoms with Crippen LogP contribution in [-0.2, 0) is 7.05 Å². The van der Waals surface area contributed by atoms with E-state index >= 15 is 0 Å². The van der Waals surface area contributed by atoms with Gasteiger partial charge >= 0.3 is 0 Å². The predicted molar refractivity (Wildman–Crippen MR) is 88.1 cm³/mol. The van der Waals surface area contributed by atoms with Crippen molar-refractivity contribution in [3.8, 4) is 5.75 Å². The molecule has 4 rings (SSSR count). The van der Waals surface area contributed by atoms with Crippen molar-refractivity contribution >= 4 is 38.5 Å². The molecule has 4 nitrogen and oxygen atoms in total. The van der Waals surface area contributed by atoms with E-state index < -0.39 is 5.91 Å². The fourth-order valence-electron chi connectivity index (χ4n) is 3.24. The molecule has 1 heterocycles. The zero-order valence-corrected chi connectivity index (χ0v) is 12.0. The lowest BCUT2D eigenvalue weighted by atomic mass is 10.0. The van der Waals surface area contributed by atoms with E-state index in [0.29, 0.717) is 0 Å². The minimum absolute atomic E-state index is 0.0854. The Kier molecular flexibility index (Phi) is 2.45. The first kappa shape index (κ1) is 12.7. The SMILES string of the molecule is Cn1c2ccccc2c2ccc3cc(C(N)=O)c(O)cc3c21. The number of para-hydroxylation sites is 1. The summed E-state index contributed by atoms with van der Waals surface area (Å²) in [7, 11) is 2.00. The average Bonchev–Trinajstić information content (AvgIpc) is 2.80. The van der Waals surface area contributed by atoms with Gasteiger partial charge in [0.15, 0.2) is 0 Å². The first-order valence-electron chi connectivity index (χ1n) is 7.00. The molecular weight excluding hydrogens is 276 g/mol. The van der Waals surface area contributed by atoms with Crippen LogP contribution >= 0.6 is 0 Å². The lowest BCUT2D eigenvalue weighted by Crippen LogP contribution is -2.11. The zero-order valence-electron chi connectivity index (χ0n) is 12.0. The van der Waals surface area contributed by atoms with Crippen LogP contribution in [0.2, 0.25) is 0 Å². The Hall–Kier alpha value is -3.01. The van der Waals surface area contributed by atoms with Crippen LogP contribution in [0.4, 0.5) is 0 Å². The molecule has 4 aromatic rings. The molecule has 0 saturated carbocycles. The monoisotopic (exact) mass is 290 g/mol. The lowest BCUT2D eigenvalue weighted by molar-refractivity contribution is 0.0998. The molecule has 0 fully saturated rings. The number of aromatic nitrogens is 1. The Bertz CT molecular complexity index is 1080. The van der Waals surface area contributed by atoms with Gasteiger partial charge < -0.3 is 15.4 Å². The number of carbonyl (C=O) groups excluding carboxylic acids is 1. The molecule has 0 aliphatic carbocycles. The quantitative estimate of drug-likeness (QED) is 0.565. The van der Waals surface area contributed by atoms with Crippen LogP contribution in [0.15, 0.2) is 48.5 Å². The fraction of sp³-hybridized carbons (Fsp3) is 0.0556. The van der Waals surface area contributed by atoms with Crippen molar-refractivity contribution in [2.24, 2.45) is 12.8 Å². The first-order valence-corrected chi connectivity index (χ1v) is 7.00. The normalized spacial score (nSPS) is 11.5. The summed E-state index contributed by atoms with van der Waals surface area (Å²) in [5, 5.41) is 14.2. The highest BCUT2D eigenvalue weighted by Crippen LogP contribution is 2.35. The van der Waals surface area contributed by atoms with Crippen LogP contribution in [0.5, 0.6) is 5.75 Å². The van der Waals surface area contributed by atoms with E-state index in [2.05, 4.69) is 16.7 Å². The zero-order chi connectivity index (χ0) is 15.4. The first-order chi connectivity index (χ1) is 10.6. The van der Waals surface area contributed by atoms with Gasteiger partial charge in [-0.3, -0.25) is 4.79 Å². The van der Waals surface area contributed by atoms with Crippen molar-refractivity contribution in [3.05, 3.63) is 54.1 Å². The molecule has 0 atom stereocenters. The van der Waals surface area contributed by atoms with E-state index in [1.807, 2.05) is 31.3 Å². The molecule has 0 aliphatic heterocycles. The van der Waals surface area contributed by atoms with Gasteiger partial charge in [0.25, 0.3) is 5.91 Å². The van der Waals surface area contributed by atoms with Crippen LogP contribution < -0.4 is 5.73 Å². The van der Waals surface area contributed by atoms with Crippen LogP contribution in [0.3, 0.4) is 0 Å². The van der Waals surface area contributed by atoms with Crippen molar-refractivity contribution in [3.63, 3.8) is 0 Å². The van der Waals surface area contributed by atoms with Gasteiger partial charge in [0.05, 0.1) is 11.1 Å². The van der Waals surface area contributed by atoms with Crippen LogP contribution in [-0.4, -0.2) is 15.6 Å². The van der Waals surface area contributed by atoms with E-state index in [1.54, 1.807) is 12.1 Å². The highest BCUT2D eigenvalue weighted by molar-refractivity contribution is 6.18. The Morgan fingerprint density at radius 1 is 1.05 bits per heavy atom. The Morgan fingerprint density at radius 3 is 2.59 bits per heavy atom. The topological polar surface area (TPSA) is 68.2 Å². The smallest absolute Gasteiger partial charge is 0.252 e. The van der Waals surface area contributed by atoms with Gasteiger partial charge in [-0.05, 0) is 23.6 Å². The third-order valence-corrected chi connectivity index (χ3v) is 4.26. The van der Waals surface area contributed by atoms with Crippen molar-refractivity contribution in [1.82, 2.24) is 4.57 Å². The van der Waals surface area contributed by atoms with Crippen molar-refractivity contribution in [2.75, 3.05) is 0 Å². The minimum atomic E-state index is -0.628. The standard InChI is InChI=1S/C18H14N2O2/c1-20-15-5-3-2-4-11(15)12-7-6-10-8-14(18(19)22)16(21)9-13(10)17(12)20/h2-9,21H,1H3,(H2,19,22). The number of hydrogen-bond acceptors (Lipinski definition) is 2. The van der Waals surface area contributed by atoms with Crippen LogP contribution in [0, 0.1) is 0 Å². The number of nitrogens with two attached hydrogens (primary N) is 1. The summed E-state index contributed by atoms with van der Waals surface area (Å²) in [6, 6.07) is 15.4. The van der Waals surface area contributed by atoms with Crippen molar-refractivity contribution in [1.29, 1.82) is 0 Å². The van der Waals surface area contributed by atoms with Gasteiger partial charge in [0.1, 0.15) is 5.75 Å². The maximum atomic E-state index is 11.4. The maximum absolute atomic E-state index is 11.4. The molecule has 22 heavy (non-hydrogen) atoms. The van der Waals surface area contributed by atoms with Crippen molar-refractivity contribution in [2.45, 2.75) is 0 Å². The third-order valence-electron chi connectivity index (χ3n) is 4.26. The molecule has 0 spiro atoms. The Labute approximate surface area is 126 Å². The Morgan fingerprint density at radius 2 is 1.82 bits per heavy atom. The van der Waals surface area contributed by atoms with E-state index in [-0.39, 0.29) is 11.3 Å². The van der Waals surface area contributed by atoms with Crippen LogP contribution in [0.25, 0.3) is 32.6 Å². The summed E-state index contributed by atoms with van der Waals surface area (Å²) in [6.07, 6.45) is 0. The number of aryl methyl sites for hydroxylation is 1.